The summed E-state index contributed by atoms with van der Waals surface area (Å²) in [5.41, 5.74) is 1.29. The van der Waals surface area contributed by atoms with Crippen molar-refractivity contribution in [2.24, 2.45) is 0 Å². The fourth-order valence-corrected chi connectivity index (χ4v) is 3.02. The Hall–Kier alpha value is -2.08. The summed E-state index contributed by atoms with van der Waals surface area (Å²) in [6.45, 7) is 2.77. The zero-order valence-corrected chi connectivity index (χ0v) is 14.3. The number of hydrogen-bond acceptors (Lipinski definition) is 3. The topological polar surface area (TPSA) is 72.9 Å². The number of rotatable bonds is 7. The van der Waals surface area contributed by atoms with E-state index in [1.54, 1.807) is 7.05 Å². The average Bonchev–Trinajstić information content (AvgIpc) is 2.59. The average molecular weight is 333 g/mol. The Morgan fingerprint density at radius 2 is 2.04 bits per heavy atom. The van der Waals surface area contributed by atoms with Crippen molar-refractivity contribution in [3.63, 3.8) is 0 Å². The maximum atomic E-state index is 12.1. The van der Waals surface area contributed by atoms with Crippen molar-refractivity contribution in [1.29, 1.82) is 0 Å². The molecule has 2 N–H and O–H groups in total. The predicted molar refractivity (Wildman–Crippen MR) is 92.8 cm³/mol. The van der Waals surface area contributed by atoms with Crippen LogP contribution in [0.4, 0.5) is 4.79 Å². The molecule has 0 aliphatic carbocycles. The molecule has 0 saturated carbocycles. The van der Waals surface area contributed by atoms with Gasteiger partial charge in [0.25, 0.3) is 0 Å². The lowest BCUT2D eigenvalue weighted by atomic mass is 10.0. The van der Waals surface area contributed by atoms with Crippen LogP contribution in [-0.4, -0.2) is 59.6 Å². The minimum atomic E-state index is -0.893. The second-order valence-electron chi connectivity index (χ2n) is 6.36. The van der Waals surface area contributed by atoms with Crippen LogP contribution in [0.2, 0.25) is 0 Å². The quantitative estimate of drug-likeness (QED) is 0.802. The van der Waals surface area contributed by atoms with Gasteiger partial charge < -0.3 is 15.3 Å². The maximum absolute atomic E-state index is 12.1. The number of aliphatic carboxylic acids is 1. The smallest absolute Gasteiger partial charge is 0.317 e. The second kappa shape index (κ2) is 9.27. The standard InChI is InChI=1S/C18H27N3O3/c1-20(12-10-17(22)23)18(24)19-13-16-9-5-6-11-21(16)14-15-7-3-2-4-8-15/h2-4,7-8,16H,5-6,9-14H2,1H3,(H,19,24)(H,22,23). The third-order valence-electron chi connectivity index (χ3n) is 4.47. The number of benzene rings is 1. The van der Waals surface area contributed by atoms with Gasteiger partial charge in [0, 0.05) is 32.7 Å². The number of nitrogens with zero attached hydrogens (tertiary/aromatic N) is 2. The molecule has 0 radical (unpaired) electrons. The maximum Gasteiger partial charge on any atom is 0.317 e. The molecule has 24 heavy (non-hydrogen) atoms. The SMILES string of the molecule is CN(CCC(=O)O)C(=O)NCC1CCCCN1Cc1ccccc1. The van der Waals surface area contributed by atoms with E-state index in [4.69, 9.17) is 5.11 Å². The molecule has 1 atom stereocenters. The summed E-state index contributed by atoms with van der Waals surface area (Å²) in [4.78, 5) is 26.5. The molecular formula is C18H27N3O3. The highest BCUT2D eigenvalue weighted by atomic mass is 16.4. The molecule has 6 heteroatoms. The van der Waals surface area contributed by atoms with Crippen LogP contribution >= 0.6 is 0 Å². The summed E-state index contributed by atoms with van der Waals surface area (Å²) in [6.07, 6.45) is 3.41. The van der Waals surface area contributed by atoms with Crippen LogP contribution in [-0.2, 0) is 11.3 Å². The van der Waals surface area contributed by atoms with E-state index in [2.05, 4.69) is 22.3 Å². The fourth-order valence-electron chi connectivity index (χ4n) is 3.02. The van der Waals surface area contributed by atoms with Gasteiger partial charge in [-0.3, -0.25) is 9.69 Å². The molecule has 6 nitrogen and oxygen atoms in total. The summed E-state index contributed by atoms with van der Waals surface area (Å²) >= 11 is 0. The Labute approximate surface area is 143 Å². The number of carboxylic acid groups (broad SMARTS) is 1. The minimum Gasteiger partial charge on any atom is -0.481 e. The summed E-state index contributed by atoms with van der Waals surface area (Å²) in [7, 11) is 1.63. The summed E-state index contributed by atoms with van der Waals surface area (Å²) in [5, 5.41) is 11.6. The Kier molecular flexibility index (Phi) is 7.06. The van der Waals surface area contributed by atoms with Gasteiger partial charge in [-0.2, -0.15) is 0 Å². The molecule has 0 aromatic heterocycles. The van der Waals surface area contributed by atoms with E-state index in [1.807, 2.05) is 18.2 Å². The van der Waals surface area contributed by atoms with Crippen LogP contribution in [0.3, 0.4) is 0 Å². The largest absolute Gasteiger partial charge is 0.481 e. The van der Waals surface area contributed by atoms with Gasteiger partial charge in [0.05, 0.1) is 6.42 Å². The Morgan fingerprint density at radius 3 is 2.75 bits per heavy atom. The van der Waals surface area contributed by atoms with Crippen molar-refractivity contribution in [3.05, 3.63) is 35.9 Å². The molecule has 132 valence electrons. The Bertz CT molecular complexity index is 536. The van der Waals surface area contributed by atoms with E-state index in [-0.39, 0.29) is 19.0 Å². The highest BCUT2D eigenvalue weighted by molar-refractivity contribution is 5.75. The molecule has 1 heterocycles. The molecule has 2 rings (SSSR count). The lowest BCUT2D eigenvalue weighted by molar-refractivity contribution is -0.137. The summed E-state index contributed by atoms with van der Waals surface area (Å²) < 4.78 is 0. The number of carbonyl (C=O) groups excluding carboxylic acids is 1. The predicted octanol–water partition coefficient (Wildman–Crippen LogP) is 2.16. The van der Waals surface area contributed by atoms with Gasteiger partial charge in [-0.25, -0.2) is 4.79 Å². The Morgan fingerprint density at radius 1 is 1.29 bits per heavy atom. The first-order valence-electron chi connectivity index (χ1n) is 8.55. The van der Waals surface area contributed by atoms with E-state index in [0.29, 0.717) is 12.6 Å². The first-order valence-corrected chi connectivity index (χ1v) is 8.55. The van der Waals surface area contributed by atoms with Gasteiger partial charge in [0.15, 0.2) is 0 Å². The van der Waals surface area contributed by atoms with Gasteiger partial charge in [-0.05, 0) is 24.9 Å². The van der Waals surface area contributed by atoms with Crippen LogP contribution < -0.4 is 5.32 Å². The van der Waals surface area contributed by atoms with E-state index in [1.165, 1.54) is 23.3 Å². The van der Waals surface area contributed by atoms with Crippen molar-refractivity contribution in [1.82, 2.24) is 15.1 Å². The van der Waals surface area contributed by atoms with Crippen LogP contribution in [0.25, 0.3) is 0 Å². The molecule has 1 aliphatic rings. The lowest BCUT2D eigenvalue weighted by Crippen LogP contribution is -2.48. The second-order valence-corrected chi connectivity index (χ2v) is 6.36. The van der Waals surface area contributed by atoms with Crippen LogP contribution in [0, 0.1) is 0 Å². The molecule has 2 amide bonds. The Balaban J connectivity index is 1.82. The van der Waals surface area contributed by atoms with Crippen LogP contribution in [0.1, 0.15) is 31.2 Å². The van der Waals surface area contributed by atoms with Gasteiger partial charge in [-0.15, -0.1) is 0 Å². The van der Waals surface area contributed by atoms with Crippen molar-refractivity contribution in [2.75, 3.05) is 26.7 Å². The number of likely N-dealkylation sites (tertiary alicyclic amines) is 1. The van der Waals surface area contributed by atoms with Gasteiger partial charge >= 0.3 is 12.0 Å². The fraction of sp³-hybridized carbons (Fsp3) is 0.556. The molecule has 1 unspecified atom stereocenters. The lowest BCUT2D eigenvalue weighted by Gasteiger charge is -2.36. The zero-order chi connectivity index (χ0) is 17.4. The number of piperidine rings is 1. The first kappa shape index (κ1) is 18.3. The van der Waals surface area contributed by atoms with Crippen molar-refractivity contribution in [3.8, 4) is 0 Å². The minimum absolute atomic E-state index is 0.0342. The van der Waals surface area contributed by atoms with Crippen molar-refractivity contribution in [2.45, 2.75) is 38.3 Å². The molecule has 1 fully saturated rings. The molecule has 1 aliphatic heterocycles. The normalized spacial score (nSPS) is 18.1. The number of hydrogen-bond donors (Lipinski definition) is 2. The number of amides is 2. The molecule has 1 saturated heterocycles. The summed E-state index contributed by atoms with van der Waals surface area (Å²) in [6, 6.07) is 10.5. The van der Waals surface area contributed by atoms with Crippen LogP contribution in [0.15, 0.2) is 30.3 Å². The third kappa shape index (κ3) is 5.85. The first-order chi connectivity index (χ1) is 11.6. The summed E-state index contributed by atoms with van der Waals surface area (Å²) in [5.74, 6) is -0.893. The number of carboxylic acids is 1. The molecule has 0 spiro atoms. The molecule has 1 aromatic rings. The number of nitrogens with one attached hydrogen (secondary N) is 1. The highest BCUT2D eigenvalue weighted by Crippen LogP contribution is 2.19. The van der Waals surface area contributed by atoms with E-state index in [0.717, 1.165) is 19.5 Å². The van der Waals surface area contributed by atoms with Gasteiger partial charge in [0.1, 0.15) is 0 Å². The van der Waals surface area contributed by atoms with Crippen molar-refractivity contribution >= 4 is 12.0 Å². The molecule has 0 bridgehead atoms. The third-order valence-corrected chi connectivity index (χ3v) is 4.47. The van der Waals surface area contributed by atoms with Crippen molar-refractivity contribution < 1.29 is 14.7 Å². The van der Waals surface area contributed by atoms with Gasteiger partial charge in [0.2, 0.25) is 0 Å². The number of urea groups is 1. The number of carbonyl (C=O) groups is 2. The zero-order valence-electron chi connectivity index (χ0n) is 14.3. The monoisotopic (exact) mass is 333 g/mol. The van der Waals surface area contributed by atoms with Crippen LogP contribution in [0.5, 0.6) is 0 Å². The van der Waals surface area contributed by atoms with E-state index in [9.17, 15) is 9.59 Å². The van der Waals surface area contributed by atoms with E-state index >= 15 is 0 Å². The van der Waals surface area contributed by atoms with E-state index < -0.39 is 5.97 Å². The highest BCUT2D eigenvalue weighted by Gasteiger charge is 2.23. The molecule has 1 aromatic carbocycles. The molecular weight excluding hydrogens is 306 g/mol. The van der Waals surface area contributed by atoms with Gasteiger partial charge in [-0.1, -0.05) is 36.8 Å².